The first-order chi connectivity index (χ1) is 9.74. The SMILES string of the molecule is CCCOc1cccc(C(=O)C2CCCC(CC)C2)c1. The summed E-state index contributed by atoms with van der Waals surface area (Å²) >= 11 is 0. The van der Waals surface area contributed by atoms with Gasteiger partial charge >= 0.3 is 0 Å². The van der Waals surface area contributed by atoms with Crippen molar-refractivity contribution in [2.75, 3.05) is 6.61 Å². The molecule has 0 spiro atoms. The van der Waals surface area contributed by atoms with Crippen LogP contribution in [0.5, 0.6) is 5.75 Å². The van der Waals surface area contributed by atoms with Crippen LogP contribution in [-0.4, -0.2) is 12.4 Å². The van der Waals surface area contributed by atoms with Crippen molar-refractivity contribution in [2.24, 2.45) is 11.8 Å². The monoisotopic (exact) mass is 274 g/mol. The highest BCUT2D eigenvalue weighted by molar-refractivity contribution is 5.98. The molecular weight excluding hydrogens is 248 g/mol. The van der Waals surface area contributed by atoms with Gasteiger partial charge in [-0.3, -0.25) is 4.79 Å². The van der Waals surface area contributed by atoms with Gasteiger partial charge < -0.3 is 4.74 Å². The van der Waals surface area contributed by atoms with Crippen LogP contribution >= 0.6 is 0 Å². The van der Waals surface area contributed by atoms with Crippen LogP contribution in [0.3, 0.4) is 0 Å². The Morgan fingerprint density at radius 2 is 2.15 bits per heavy atom. The second-order valence-electron chi connectivity index (χ2n) is 5.88. The van der Waals surface area contributed by atoms with E-state index in [1.165, 1.54) is 19.3 Å². The van der Waals surface area contributed by atoms with E-state index in [-0.39, 0.29) is 5.92 Å². The first kappa shape index (κ1) is 15.1. The van der Waals surface area contributed by atoms with Crippen LogP contribution in [0.15, 0.2) is 24.3 Å². The lowest BCUT2D eigenvalue weighted by molar-refractivity contribution is 0.0861. The van der Waals surface area contributed by atoms with Gasteiger partial charge in [-0.2, -0.15) is 0 Å². The Labute approximate surface area is 122 Å². The molecular formula is C18H26O2. The van der Waals surface area contributed by atoms with Gasteiger partial charge in [0.1, 0.15) is 5.75 Å². The average molecular weight is 274 g/mol. The largest absolute Gasteiger partial charge is 0.494 e. The number of Topliss-reactive ketones (excluding diaryl/α,β-unsaturated/α-hetero) is 1. The molecule has 1 aliphatic rings. The van der Waals surface area contributed by atoms with Crippen molar-refractivity contribution in [3.63, 3.8) is 0 Å². The summed E-state index contributed by atoms with van der Waals surface area (Å²) in [7, 11) is 0. The maximum atomic E-state index is 12.6. The Hall–Kier alpha value is -1.31. The second kappa shape index (κ2) is 7.47. The molecule has 0 radical (unpaired) electrons. The molecule has 0 bridgehead atoms. The lowest BCUT2D eigenvalue weighted by Gasteiger charge is -2.27. The van der Waals surface area contributed by atoms with E-state index in [4.69, 9.17) is 4.74 Å². The van der Waals surface area contributed by atoms with Gasteiger partial charge in [0.2, 0.25) is 0 Å². The highest BCUT2D eigenvalue weighted by Gasteiger charge is 2.27. The summed E-state index contributed by atoms with van der Waals surface area (Å²) in [6.07, 6.45) is 6.79. The number of carbonyl (C=O) groups excluding carboxylic acids is 1. The molecule has 0 N–H and O–H groups in total. The molecule has 0 saturated heterocycles. The standard InChI is InChI=1S/C18H26O2/c1-3-11-20-17-10-6-9-16(13-17)18(19)15-8-5-7-14(4-2)12-15/h6,9-10,13-15H,3-5,7-8,11-12H2,1-2H3. The van der Waals surface area contributed by atoms with Crippen LogP contribution < -0.4 is 4.74 Å². The lowest BCUT2D eigenvalue weighted by Crippen LogP contribution is -2.22. The molecule has 0 heterocycles. The molecule has 1 aromatic carbocycles. The Morgan fingerprint density at radius 3 is 2.90 bits per heavy atom. The zero-order chi connectivity index (χ0) is 14.4. The van der Waals surface area contributed by atoms with Gasteiger partial charge in [0.05, 0.1) is 6.61 Å². The van der Waals surface area contributed by atoms with Gasteiger partial charge in [0.25, 0.3) is 0 Å². The average Bonchev–Trinajstić information content (AvgIpc) is 2.52. The summed E-state index contributed by atoms with van der Waals surface area (Å²) < 4.78 is 5.62. The molecule has 0 amide bonds. The van der Waals surface area contributed by atoms with Crippen LogP contribution in [0.1, 0.15) is 62.7 Å². The topological polar surface area (TPSA) is 26.3 Å². The van der Waals surface area contributed by atoms with E-state index < -0.39 is 0 Å². The van der Waals surface area contributed by atoms with Crippen LogP contribution in [0.2, 0.25) is 0 Å². The minimum absolute atomic E-state index is 0.218. The van der Waals surface area contributed by atoms with E-state index in [1.54, 1.807) is 0 Å². The van der Waals surface area contributed by atoms with Crippen molar-refractivity contribution in [3.8, 4) is 5.75 Å². The molecule has 20 heavy (non-hydrogen) atoms. The van der Waals surface area contributed by atoms with Gasteiger partial charge in [-0.15, -0.1) is 0 Å². The fourth-order valence-electron chi connectivity index (χ4n) is 3.09. The molecule has 2 heteroatoms. The molecule has 110 valence electrons. The van der Waals surface area contributed by atoms with Crippen molar-refractivity contribution in [3.05, 3.63) is 29.8 Å². The van der Waals surface area contributed by atoms with Crippen molar-refractivity contribution in [2.45, 2.75) is 52.4 Å². The predicted octanol–water partition coefficient (Wildman–Crippen LogP) is 4.87. The molecule has 0 aromatic heterocycles. The van der Waals surface area contributed by atoms with E-state index in [0.29, 0.717) is 12.4 Å². The molecule has 1 aliphatic carbocycles. The molecule has 2 rings (SSSR count). The molecule has 0 aliphatic heterocycles. The lowest BCUT2D eigenvalue weighted by atomic mass is 9.77. The summed E-state index contributed by atoms with van der Waals surface area (Å²) in [6, 6.07) is 7.70. The fraction of sp³-hybridized carbons (Fsp3) is 0.611. The first-order valence-corrected chi connectivity index (χ1v) is 8.01. The Bertz CT molecular complexity index is 439. The number of ketones is 1. The molecule has 2 nitrogen and oxygen atoms in total. The van der Waals surface area contributed by atoms with Crippen molar-refractivity contribution >= 4 is 5.78 Å². The summed E-state index contributed by atoms with van der Waals surface area (Å²) in [4.78, 5) is 12.6. The maximum absolute atomic E-state index is 12.6. The van der Waals surface area contributed by atoms with Crippen LogP contribution in [-0.2, 0) is 0 Å². The molecule has 1 fully saturated rings. The summed E-state index contributed by atoms with van der Waals surface area (Å²) in [5.74, 6) is 2.08. The zero-order valence-electron chi connectivity index (χ0n) is 12.7. The van der Waals surface area contributed by atoms with Gasteiger partial charge in [0, 0.05) is 11.5 Å². The van der Waals surface area contributed by atoms with E-state index >= 15 is 0 Å². The summed E-state index contributed by atoms with van der Waals surface area (Å²) in [5.41, 5.74) is 0.820. The van der Waals surface area contributed by atoms with Gasteiger partial charge in [0.15, 0.2) is 5.78 Å². The van der Waals surface area contributed by atoms with Crippen LogP contribution in [0.25, 0.3) is 0 Å². The summed E-state index contributed by atoms with van der Waals surface area (Å²) in [5, 5.41) is 0. The van der Waals surface area contributed by atoms with E-state index in [9.17, 15) is 4.79 Å². The normalized spacial score (nSPS) is 22.5. The number of rotatable bonds is 6. The number of hydrogen-bond acceptors (Lipinski definition) is 2. The van der Waals surface area contributed by atoms with Gasteiger partial charge in [-0.05, 0) is 37.3 Å². The zero-order valence-corrected chi connectivity index (χ0v) is 12.7. The third-order valence-electron chi connectivity index (χ3n) is 4.32. The Kier molecular flexibility index (Phi) is 5.63. The first-order valence-electron chi connectivity index (χ1n) is 8.01. The van der Waals surface area contributed by atoms with Crippen molar-refractivity contribution in [1.29, 1.82) is 0 Å². The minimum atomic E-state index is 0.218. The highest BCUT2D eigenvalue weighted by Crippen LogP contribution is 2.33. The maximum Gasteiger partial charge on any atom is 0.166 e. The fourth-order valence-corrected chi connectivity index (χ4v) is 3.09. The molecule has 2 atom stereocenters. The van der Waals surface area contributed by atoms with E-state index in [0.717, 1.165) is 36.5 Å². The Balaban J connectivity index is 2.04. The number of ether oxygens (including phenoxy) is 1. The van der Waals surface area contributed by atoms with Crippen molar-refractivity contribution in [1.82, 2.24) is 0 Å². The number of benzene rings is 1. The number of carbonyl (C=O) groups is 1. The van der Waals surface area contributed by atoms with Crippen molar-refractivity contribution < 1.29 is 9.53 Å². The van der Waals surface area contributed by atoms with Crippen LogP contribution in [0.4, 0.5) is 0 Å². The molecule has 2 unspecified atom stereocenters. The quantitative estimate of drug-likeness (QED) is 0.691. The van der Waals surface area contributed by atoms with Crippen LogP contribution in [0, 0.1) is 11.8 Å². The smallest absolute Gasteiger partial charge is 0.166 e. The Morgan fingerprint density at radius 1 is 1.30 bits per heavy atom. The third kappa shape index (κ3) is 3.84. The van der Waals surface area contributed by atoms with Gasteiger partial charge in [-0.25, -0.2) is 0 Å². The summed E-state index contributed by atoms with van der Waals surface area (Å²) in [6.45, 7) is 5.03. The highest BCUT2D eigenvalue weighted by atomic mass is 16.5. The van der Waals surface area contributed by atoms with Gasteiger partial charge in [-0.1, -0.05) is 45.2 Å². The predicted molar refractivity (Wildman–Crippen MR) is 82.3 cm³/mol. The molecule has 1 aromatic rings. The third-order valence-corrected chi connectivity index (χ3v) is 4.32. The van der Waals surface area contributed by atoms with E-state index in [1.807, 2.05) is 24.3 Å². The van der Waals surface area contributed by atoms with E-state index in [2.05, 4.69) is 13.8 Å². The second-order valence-corrected chi connectivity index (χ2v) is 5.88. The minimum Gasteiger partial charge on any atom is -0.494 e. The molecule has 1 saturated carbocycles. The number of hydrogen-bond donors (Lipinski definition) is 0.